The number of nitrogens with one attached hydrogen (secondary N) is 1. The van der Waals surface area contributed by atoms with Gasteiger partial charge in [-0.05, 0) is 73.5 Å². The molecular formula is C22H19BrN2O4. The summed E-state index contributed by atoms with van der Waals surface area (Å²) in [6.07, 6.45) is 2.86. The zero-order valence-corrected chi connectivity index (χ0v) is 17.1. The molecule has 0 spiro atoms. The molecule has 7 heteroatoms. The van der Waals surface area contributed by atoms with E-state index in [4.69, 9.17) is 9.15 Å². The Morgan fingerprint density at radius 1 is 1.03 bits per heavy atom. The highest BCUT2D eigenvalue weighted by Crippen LogP contribution is 2.26. The van der Waals surface area contributed by atoms with E-state index >= 15 is 0 Å². The fraction of sp³-hybridized carbons (Fsp3) is 0.182. The van der Waals surface area contributed by atoms with Crippen molar-refractivity contribution in [2.24, 2.45) is 0 Å². The molecule has 2 amide bonds. The second kappa shape index (κ2) is 8.53. The molecule has 0 bridgehead atoms. The third kappa shape index (κ3) is 4.51. The lowest BCUT2D eigenvalue weighted by atomic mass is 10.2. The molecular weight excluding hydrogens is 436 g/mol. The Bertz CT molecular complexity index is 985. The van der Waals surface area contributed by atoms with Gasteiger partial charge in [-0.25, -0.2) is 0 Å². The molecule has 4 rings (SSSR count). The van der Waals surface area contributed by atoms with Gasteiger partial charge in [-0.3, -0.25) is 9.59 Å². The summed E-state index contributed by atoms with van der Waals surface area (Å²) in [5.41, 5.74) is 0.649. The Hall–Kier alpha value is -3.06. The van der Waals surface area contributed by atoms with Gasteiger partial charge < -0.3 is 19.4 Å². The van der Waals surface area contributed by atoms with Crippen LogP contribution in [0, 0.1) is 0 Å². The van der Waals surface area contributed by atoms with Crippen LogP contribution in [-0.2, 0) is 4.79 Å². The fourth-order valence-corrected chi connectivity index (χ4v) is 3.56. The Morgan fingerprint density at radius 2 is 1.72 bits per heavy atom. The molecule has 29 heavy (non-hydrogen) atoms. The first-order valence-corrected chi connectivity index (χ1v) is 10.1. The van der Waals surface area contributed by atoms with Crippen LogP contribution in [0.2, 0.25) is 0 Å². The number of nitrogens with zero attached hydrogens (tertiary/aromatic N) is 1. The first kappa shape index (κ1) is 19.3. The largest absolute Gasteiger partial charge is 0.459 e. The number of amides is 2. The zero-order chi connectivity index (χ0) is 20.2. The van der Waals surface area contributed by atoms with Crippen molar-refractivity contribution in [3.63, 3.8) is 0 Å². The molecule has 3 aromatic rings. The van der Waals surface area contributed by atoms with E-state index in [1.165, 1.54) is 6.26 Å². The number of likely N-dealkylation sites (tertiary alicyclic amines) is 1. The lowest BCUT2D eigenvalue weighted by Gasteiger charge is -2.23. The number of hydrogen-bond donors (Lipinski definition) is 1. The minimum atomic E-state index is -0.508. The van der Waals surface area contributed by atoms with Gasteiger partial charge >= 0.3 is 0 Å². The number of halogens is 1. The van der Waals surface area contributed by atoms with Gasteiger partial charge in [0, 0.05) is 16.7 Å². The summed E-state index contributed by atoms with van der Waals surface area (Å²) in [6, 6.07) is 17.4. The summed E-state index contributed by atoms with van der Waals surface area (Å²) >= 11 is 3.39. The van der Waals surface area contributed by atoms with Crippen molar-refractivity contribution in [3.8, 4) is 11.5 Å². The van der Waals surface area contributed by atoms with E-state index in [1.807, 2.05) is 24.3 Å². The third-order valence-electron chi connectivity index (χ3n) is 4.72. The molecule has 2 heterocycles. The van der Waals surface area contributed by atoms with Crippen LogP contribution >= 0.6 is 15.9 Å². The molecule has 2 aromatic carbocycles. The first-order chi connectivity index (χ1) is 14.1. The molecule has 0 radical (unpaired) electrons. The molecule has 1 aliphatic heterocycles. The normalized spacial score (nSPS) is 15.9. The highest BCUT2D eigenvalue weighted by Gasteiger charge is 2.35. The predicted molar refractivity (Wildman–Crippen MR) is 112 cm³/mol. The summed E-state index contributed by atoms with van der Waals surface area (Å²) in [6.45, 7) is 0.539. The minimum Gasteiger partial charge on any atom is -0.459 e. The van der Waals surface area contributed by atoms with Gasteiger partial charge in [-0.1, -0.05) is 15.9 Å². The molecule has 1 aromatic heterocycles. The maximum Gasteiger partial charge on any atom is 0.290 e. The van der Waals surface area contributed by atoms with Crippen molar-refractivity contribution >= 4 is 33.4 Å². The predicted octanol–water partition coefficient (Wildman–Crippen LogP) is 5.08. The summed E-state index contributed by atoms with van der Waals surface area (Å²) in [4.78, 5) is 26.9. The number of hydrogen-bond acceptors (Lipinski definition) is 4. The average molecular weight is 455 g/mol. The standard InChI is InChI=1S/C22H19BrN2O4/c23-15-5-9-17(10-6-15)29-18-11-7-16(8-12-18)24-21(26)19-3-1-13-25(19)22(27)20-4-2-14-28-20/h2,4-12,14,19H,1,3,13H2,(H,24,26). The van der Waals surface area contributed by atoms with Crippen LogP contribution in [0.5, 0.6) is 11.5 Å². The van der Waals surface area contributed by atoms with Gasteiger partial charge in [-0.2, -0.15) is 0 Å². The average Bonchev–Trinajstić information content (AvgIpc) is 3.43. The molecule has 0 saturated carbocycles. The Kier molecular flexibility index (Phi) is 5.67. The highest BCUT2D eigenvalue weighted by molar-refractivity contribution is 9.10. The van der Waals surface area contributed by atoms with E-state index in [1.54, 1.807) is 41.3 Å². The van der Waals surface area contributed by atoms with Gasteiger partial charge in [0.15, 0.2) is 5.76 Å². The number of furan rings is 1. The molecule has 1 saturated heterocycles. The van der Waals surface area contributed by atoms with Crippen molar-refractivity contribution in [1.82, 2.24) is 4.90 Å². The third-order valence-corrected chi connectivity index (χ3v) is 5.25. The molecule has 1 aliphatic rings. The van der Waals surface area contributed by atoms with Crippen molar-refractivity contribution in [1.29, 1.82) is 0 Å². The molecule has 6 nitrogen and oxygen atoms in total. The fourth-order valence-electron chi connectivity index (χ4n) is 3.29. The van der Waals surface area contributed by atoms with Crippen LogP contribution < -0.4 is 10.1 Å². The smallest absolute Gasteiger partial charge is 0.290 e. The van der Waals surface area contributed by atoms with Crippen molar-refractivity contribution in [3.05, 3.63) is 77.2 Å². The number of carbonyl (C=O) groups excluding carboxylic acids is 2. The Labute approximate surface area is 176 Å². The van der Waals surface area contributed by atoms with Gasteiger partial charge in [-0.15, -0.1) is 0 Å². The van der Waals surface area contributed by atoms with Crippen LogP contribution in [0.15, 0.2) is 75.8 Å². The summed E-state index contributed by atoms with van der Waals surface area (Å²) in [7, 11) is 0. The lowest BCUT2D eigenvalue weighted by Crippen LogP contribution is -2.43. The second-order valence-electron chi connectivity index (χ2n) is 6.70. The quantitative estimate of drug-likeness (QED) is 0.583. The lowest BCUT2D eigenvalue weighted by molar-refractivity contribution is -0.119. The van der Waals surface area contributed by atoms with Gasteiger partial charge in [0.05, 0.1) is 6.26 Å². The monoisotopic (exact) mass is 454 g/mol. The molecule has 148 valence electrons. The molecule has 0 aliphatic carbocycles. The minimum absolute atomic E-state index is 0.205. The summed E-state index contributed by atoms with van der Waals surface area (Å²) < 4.78 is 12.0. The van der Waals surface area contributed by atoms with Gasteiger partial charge in [0.25, 0.3) is 5.91 Å². The van der Waals surface area contributed by atoms with Crippen LogP contribution in [0.1, 0.15) is 23.4 Å². The number of carbonyl (C=O) groups is 2. The number of ether oxygens (including phenoxy) is 1. The van der Waals surface area contributed by atoms with E-state index in [2.05, 4.69) is 21.2 Å². The van der Waals surface area contributed by atoms with Crippen molar-refractivity contribution in [2.45, 2.75) is 18.9 Å². The summed E-state index contributed by atoms with van der Waals surface area (Å²) in [5, 5.41) is 2.89. The molecule has 1 unspecified atom stereocenters. The van der Waals surface area contributed by atoms with Gasteiger partial charge in [0.1, 0.15) is 17.5 Å². The van der Waals surface area contributed by atoms with E-state index in [0.717, 1.165) is 16.6 Å². The highest BCUT2D eigenvalue weighted by atomic mass is 79.9. The molecule has 1 fully saturated rings. The number of benzene rings is 2. The zero-order valence-electron chi connectivity index (χ0n) is 15.5. The van der Waals surface area contributed by atoms with Crippen LogP contribution in [0.25, 0.3) is 0 Å². The van der Waals surface area contributed by atoms with Gasteiger partial charge in [0.2, 0.25) is 5.91 Å². The van der Waals surface area contributed by atoms with E-state index in [9.17, 15) is 9.59 Å². The molecule has 1 atom stereocenters. The van der Waals surface area contributed by atoms with E-state index in [-0.39, 0.29) is 17.6 Å². The topological polar surface area (TPSA) is 71.8 Å². The Balaban J connectivity index is 1.38. The first-order valence-electron chi connectivity index (χ1n) is 9.29. The number of anilines is 1. The summed E-state index contributed by atoms with van der Waals surface area (Å²) in [5.74, 6) is 1.18. The maximum absolute atomic E-state index is 12.7. The second-order valence-corrected chi connectivity index (χ2v) is 7.62. The number of rotatable bonds is 5. The van der Waals surface area contributed by atoms with E-state index < -0.39 is 6.04 Å². The van der Waals surface area contributed by atoms with Crippen LogP contribution in [0.3, 0.4) is 0 Å². The van der Waals surface area contributed by atoms with Crippen molar-refractivity contribution < 1.29 is 18.7 Å². The Morgan fingerprint density at radius 3 is 2.38 bits per heavy atom. The van der Waals surface area contributed by atoms with E-state index in [0.29, 0.717) is 24.4 Å². The van der Waals surface area contributed by atoms with Crippen LogP contribution in [-0.4, -0.2) is 29.3 Å². The molecule has 1 N–H and O–H groups in total. The van der Waals surface area contributed by atoms with Crippen molar-refractivity contribution in [2.75, 3.05) is 11.9 Å². The maximum atomic E-state index is 12.7. The van der Waals surface area contributed by atoms with Crippen LogP contribution in [0.4, 0.5) is 5.69 Å². The SMILES string of the molecule is O=C(Nc1ccc(Oc2ccc(Br)cc2)cc1)C1CCCN1C(=O)c1ccco1.